The van der Waals surface area contributed by atoms with Crippen molar-refractivity contribution in [1.29, 1.82) is 0 Å². The van der Waals surface area contributed by atoms with Crippen LogP contribution in [0.4, 0.5) is 0 Å². The first-order valence-electron chi connectivity index (χ1n) is 5.25. The van der Waals surface area contributed by atoms with Crippen LogP contribution in [0.1, 0.15) is 40.5 Å². The molecule has 0 amide bonds. The van der Waals surface area contributed by atoms with Gasteiger partial charge in [0.1, 0.15) is 0 Å². The highest BCUT2D eigenvalue weighted by molar-refractivity contribution is 4.81. The van der Waals surface area contributed by atoms with Gasteiger partial charge in [0.25, 0.3) is 0 Å². The lowest BCUT2D eigenvalue weighted by Gasteiger charge is -2.23. The molecule has 0 heterocycles. The minimum atomic E-state index is 0.330. The summed E-state index contributed by atoms with van der Waals surface area (Å²) in [5.74, 6) is 0. The smallest absolute Gasteiger partial charge is 0.0770 e. The van der Waals surface area contributed by atoms with Gasteiger partial charge in [-0.15, -0.1) is 0 Å². The molecule has 0 fully saturated rings. The molecule has 2 nitrogen and oxygen atoms in total. The minimum absolute atomic E-state index is 0.330. The van der Waals surface area contributed by atoms with Gasteiger partial charge in [0.05, 0.1) is 6.10 Å². The lowest BCUT2D eigenvalue weighted by molar-refractivity contribution is 0.0316. The zero-order valence-corrected chi connectivity index (χ0v) is 9.34. The summed E-state index contributed by atoms with van der Waals surface area (Å²) in [5, 5.41) is 3.29. The zero-order valence-electron chi connectivity index (χ0n) is 9.34. The molecule has 0 rings (SSSR count). The Labute approximate surface area is 82.4 Å². The molecule has 13 heavy (non-hydrogen) atoms. The van der Waals surface area contributed by atoms with Crippen molar-refractivity contribution in [2.75, 3.05) is 6.61 Å². The van der Waals surface area contributed by atoms with Gasteiger partial charge in [-0.1, -0.05) is 19.9 Å². The van der Waals surface area contributed by atoms with E-state index in [1.54, 1.807) is 0 Å². The molecule has 0 spiro atoms. The van der Waals surface area contributed by atoms with Gasteiger partial charge < -0.3 is 10.1 Å². The quantitative estimate of drug-likeness (QED) is 0.658. The Morgan fingerprint density at radius 1 is 1.38 bits per heavy atom. The molecular weight excluding hydrogens is 162 g/mol. The van der Waals surface area contributed by atoms with Crippen LogP contribution < -0.4 is 5.32 Å². The van der Waals surface area contributed by atoms with Crippen molar-refractivity contribution in [1.82, 2.24) is 5.32 Å². The van der Waals surface area contributed by atoms with E-state index >= 15 is 0 Å². The van der Waals surface area contributed by atoms with Crippen molar-refractivity contribution in [3.63, 3.8) is 0 Å². The van der Waals surface area contributed by atoms with Crippen LogP contribution in [0.5, 0.6) is 0 Å². The summed E-state index contributed by atoms with van der Waals surface area (Å²) in [5.41, 5.74) is 0. The van der Waals surface area contributed by atoms with Gasteiger partial charge in [0.2, 0.25) is 0 Å². The number of allylic oxidation sites excluding steroid dienone is 1. The Hall–Kier alpha value is -0.500. The van der Waals surface area contributed by atoms with Gasteiger partial charge in [-0.3, -0.25) is 0 Å². The zero-order chi connectivity index (χ0) is 10.1. The van der Waals surface area contributed by atoms with E-state index in [2.05, 4.69) is 26.1 Å². The van der Waals surface area contributed by atoms with Crippen LogP contribution in [0.3, 0.4) is 0 Å². The molecule has 0 saturated carbocycles. The van der Waals surface area contributed by atoms with E-state index in [4.69, 9.17) is 4.74 Å². The second-order valence-corrected chi connectivity index (χ2v) is 3.27. The first kappa shape index (κ1) is 12.5. The van der Waals surface area contributed by atoms with Crippen LogP contribution in [-0.2, 0) is 4.74 Å². The average Bonchev–Trinajstić information content (AvgIpc) is 2.16. The van der Waals surface area contributed by atoms with E-state index in [-0.39, 0.29) is 0 Å². The second-order valence-electron chi connectivity index (χ2n) is 3.27. The molecule has 0 aromatic carbocycles. The fourth-order valence-electron chi connectivity index (χ4n) is 1.24. The lowest BCUT2D eigenvalue weighted by atomic mass is 10.1. The maximum absolute atomic E-state index is 5.70. The SMILES string of the molecule is C/C=C\N[C@@H](C)C(CC)OCCC. The highest BCUT2D eigenvalue weighted by Gasteiger charge is 2.13. The van der Waals surface area contributed by atoms with Gasteiger partial charge >= 0.3 is 0 Å². The summed E-state index contributed by atoms with van der Waals surface area (Å²) in [4.78, 5) is 0. The molecule has 78 valence electrons. The van der Waals surface area contributed by atoms with Crippen molar-refractivity contribution >= 4 is 0 Å². The molecule has 0 aromatic heterocycles. The monoisotopic (exact) mass is 185 g/mol. The second kappa shape index (κ2) is 8.11. The van der Waals surface area contributed by atoms with E-state index in [9.17, 15) is 0 Å². The number of ether oxygens (including phenoxy) is 1. The van der Waals surface area contributed by atoms with E-state index in [0.29, 0.717) is 12.1 Å². The van der Waals surface area contributed by atoms with Crippen LogP contribution in [0.25, 0.3) is 0 Å². The third kappa shape index (κ3) is 5.69. The van der Waals surface area contributed by atoms with Crippen molar-refractivity contribution in [2.24, 2.45) is 0 Å². The predicted octanol–water partition coefficient (Wildman–Crippen LogP) is 2.70. The van der Waals surface area contributed by atoms with Gasteiger partial charge in [0, 0.05) is 12.6 Å². The van der Waals surface area contributed by atoms with Gasteiger partial charge in [-0.2, -0.15) is 0 Å². The Balaban J connectivity index is 3.76. The van der Waals surface area contributed by atoms with E-state index in [1.165, 1.54) is 0 Å². The summed E-state index contributed by atoms with van der Waals surface area (Å²) in [6.45, 7) is 9.32. The number of rotatable bonds is 7. The minimum Gasteiger partial charge on any atom is -0.386 e. The van der Waals surface area contributed by atoms with Crippen LogP contribution in [0, 0.1) is 0 Å². The summed E-state index contributed by atoms with van der Waals surface area (Å²) in [6.07, 6.45) is 6.46. The number of hydrogen-bond donors (Lipinski definition) is 1. The number of nitrogens with one attached hydrogen (secondary N) is 1. The fourth-order valence-corrected chi connectivity index (χ4v) is 1.24. The standard InChI is InChI=1S/C11H23NO/c1-5-8-12-10(4)11(7-3)13-9-6-2/h5,8,10-12H,6-7,9H2,1-4H3/b8-5-/t10-,11?/m0/s1. The topological polar surface area (TPSA) is 21.3 Å². The normalized spacial score (nSPS) is 16.0. The highest BCUT2D eigenvalue weighted by atomic mass is 16.5. The maximum atomic E-state index is 5.70. The van der Waals surface area contributed by atoms with Gasteiger partial charge in [-0.25, -0.2) is 0 Å². The average molecular weight is 185 g/mol. The van der Waals surface area contributed by atoms with E-state index in [0.717, 1.165) is 19.4 Å². The molecule has 1 unspecified atom stereocenters. The lowest BCUT2D eigenvalue weighted by Crippen LogP contribution is -2.36. The molecule has 0 bridgehead atoms. The Bertz CT molecular complexity index is 134. The van der Waals surface area contributed by atoms with Crippen molar-refractivity contribution in [3.05, 3.63) is 12.3 Å². The predicted molar refractivity (Wildman–Crippen MR) is 57.7 cm³/mol. The van der Waals surface area contributed by atoms with Gasteiger partial charge in [-0.05, 0) is 32.9 Å². The van der Waals surface area contributed by atoms with Crippen LogP contribution in [-0.4, -0.2) is 18.8 Å². The fraction of sp³-hybridized carbons (Fsp3) is 0.818. The summed E-state index contributed by atoms with van der Waals surface area (Å²) < 4.78 is 5.70. The maximum Gasteiger partial charge on any atom is 0.0770 e. The van der Waals surface area contributed by atoms with Crippen LogP contribution >= 0.6 is 0 Å². The Morgan fingerprint density at radius 3 is 2.54 bits per heavy atom. The van der Waals surface area contributed by atoms with Crippen LogP contribution in [0.2, 0.25) is 0 Å². The third-order valence-electron chi connectivity index (χ3n) is 2.02. The molecule has 0 aromatic rings. The van der Waals surface area contributed by atoms with Crippen LogP contribution in [0.15, 0.2) is 12.3 Å². The van der Waals surface area contributed by atoms with Crippen molar-refractivity contribution in [3.8, 4) is 0 Å². The van der Waals surface area contributed by atoms with Gasteiger partial charge in [0.15, 0.2) is 0 Å². The third-order valence-corrected chi connectivity index (χ3v) is 2.02. The first-order chi connectivity index (χ1) is 6.26. The Morgan fingerprint density at radius 2 is 2.08 bits per heavy atom. The molecule has 0 aliphatic carbocycles. The number of hydrogen-bond acceptors (Lipinski definition) is 2. The summed E-state index contributed by atoms with van der Waals surface area (Å²) in [6, 6.07) is 0.396. The van der Waals surface area contributed by atoms with E-state index in [1.807, 2.05) is 19.2 Å². The van der Waals surface area contributed by atoms with E-state index < -0.39 is 0 Å². The van der Waals surface area contributed by atoms with Crippen molar-refractivity contribution in [2.45, 2.75) is 52.7 Å². The largest absolute Gasteiger partial charge is 0.386 e. The molecule has 0 aliphatic rings. The summed E-state index contributed by atoms with van der Waals surface area (Å²) >= 11 is 0. The molecule has 0 radical (unpaired) electrons. The molecular formula is C11H23NO. The molecule has 0 aliphatic heterocycles. The molecule has 1 N–H and O–H groups in total. The Kier molecular flexibility index (Phi) is 7.80. The highest BCUT2D eigenvalue weighted by Crippen LogP contribution is 2.04. The molecule has 2 atom stereocenters. The molecule has 0 saturated heterocycles. The first-order valence-corrected chi connectivity index (χ1v) is 5.25. The molecule has 2 heteroatoms. The van der Waals surface area contributed by atoms with Crippen molar-refractivity contribution < 1.29 is 4.74 Å². The summed E-state index contributed by atoms with van der Waals surface area (Å²) in [7, 11) is 0.